The maximum atomic E-state index is 13.2. The van der Waals surface area contributed by atoms with Crippen molar-refractivity contribution in [1.82, 2.24) is 5.16 Å². The number of benzene rings is 1. The zero-order valence-electron chi connectivity index (χ0n) is 8.24. The molecule has 0 N–H and O–H groups in total. The summed E-state index contributed by atoms with van der Waals surface area (Å²) in [5.41, 5.74) is 1.73. The molecule has 2 aromatic rings. The first-order chi connectivity index (χ1) is 7.25. The first-order valence-corrected chi connectivity index (χ1v) is 4.53. The molecule has 0 bridgehead atoms. The van der Waals surface area contributed by atoms with Crippen LogP contribution in [0.25, 0.3) is 0 Å². The van der Waals surface area contributed by atoms with Crippen molar-refractivity contribution >= 4 is 0 Å². The van der Waals surface area contributed by atoms with Gasteiger partial charge in [0.1, 0.15) is 12.9 Å². The van der Waals surface area contributed by atoms with E-state index in [0.29, 0.717) is 0 Å². The molecule has 78 valence electrons. The number of aryl methyl sites for hydroxylation is 1. The van der Waals surface area contributed by atoms with E-state index in [9.17, 15) is 4.39 Å². The first kappa shape index (κ1) is 9.71. The molecule has 0 amide bonds. The van der Waals surface area contributed by atoms with Crippen molar-refractivity contribution in [3.63, 3.8) is 0 Å². The highest BCUT2D eigenvalue weighted by Crippen LogP contribution is 2.19. The normalized spacial score (nSPS) is 10.3. The molecule has 0 aliphatic carbocycles. The molecule has 1 aromatic heterocycles. The summed E-state index contributed by atoms with van der Waals surface area (Å²) in [6.45, 7) is 2.13. The van der Waals surface area contributed by atoms with Crippen molar-refractivity contribution in [3.8, 4) is 5.75 Å². The Morgan fingerprint density at radius 2 is 2.33 bits per heavy atom. The van der Waals surface area contributed by atoms with Gasteiger partial charge in [-0.2, -0.15) is 0 Å². The summed E-state index contributed by atoms with van der Waals surface area (Å²) in [7, 11) is 0. The second kappa shape index (κ2) is 4.13. The third-order valence-electron chi connectivity index (χ3n) is 1.96. The lowest BCUT2D eigenvalue weighted by molar-refractivity contribution is 0.288. The van der Waals surface area contributed by atoms with Crippen LogP contribution in [0.3, 0.4) is 0 Å². The van der Waals surface area contributed by atoms with Crippen LogP contribution in [0.5, 0.6) is 5.75 Å². The van der Waals surface area contributed by atoms with Gasteiger partial charge in [-0.25, -0.2) is 4.39 Å². The van der Waals surface area contributed by atoms with Gasteiger partial charge in [0.25, 0.3) is 0 Å². The molecule has 4 heteroatoms. The van der Waals surface area contributed by atoms with Crippen molar-refractivity contribution < 1.29 is 13.7 Å². The summed E-state index contributed by atoms with van der Waals surface area (Å²) in [5, 5.41) is 3.53. The summed E-state index contributed by atoms with van der Waals surface area (Å²) in [4.78, 5) is 0. The topological polar surface area (TPSA) is 35.3 Å². The van der Waals surface area contributed by atoms with E-state index in [4.69, 9.17) is 4.74 Å². The highest BCUT2D eigenvalue weighted by Gasteiger charge is 2.04. The smallest absolute Gasteiger partial charge is 0.165 e. The van der Waals surface area contributed by atoms with Crippen molar-refractivity contribution in [2.75, 3.05) is 0 Å². The minimum absolute atomic E-state index is 0.246. The number of hydrogen-bond acceptors (Lipinski definition) is 3. The number of ether oxygens (including phenoxy) is 1. The number of nitrogens with zero attached hydrogens (tertiary/aromatic N) is 1. The Labute approximate surface area is 86.5 Å². The molecule has 0 saturated heterocycles. The van der Waals surface area contributed by atoms with Crippen molar-refractivity contribution in [2.24, 2.45) is 0 Å². The lowest BCUT2D eigenvalue weighted by Gasteiger charge is -2.05. The largest absolute Gasteiger partial charge is 0.486 e. The van der Waals surface area contributed by atoms with Crippen LogP contribution in [0.1, 0.15) is 11.1 Å². The maximum Gasteiger partial charge on any atom is 0.165 e. The highest BCUT2D eigenvalue weighted by atomic mass is 19.1. The van der Waals surface area contributed by atoms with Crippen LogP contribution >= 0.6 is 0 Å². The molecule has 0 aliphatic heterocycles. The summed E-state index contributed by atoms with van der Waals surface area (Å²) in [6, 6.07) is 4.74. The third-order valence-corrected chi connectivity index (χ3v) is 1.96. The SMILES string of the molecule is Cc1ccc(F)c(OCc2cnoc2)c1. The van der Waals surface area contributed by atoms with Crippen molar-refractivity contribution in [1.29, 1.82) is 0 Å². The van der Waals surface area contributed by atoms with E-state index >= 15 is 0 Å². The molecule has 15 heavy (non-hydrogen) atoms. The Bertz CT molecular complexity index is 440. The second-order valence-corrected chi connectivity index (χ2v) is 3.26. The minimum Gasteiger partial charge on any atom is -0.486 e. The van der Waals surface area contributed by atoms with E-state index in [1.54, 1.807) is 12.1 Å². The van der Waals surface area contributed by atoms with Crippen LogP contribution < -0.4 is 4.74 Å². The standard InChI is InChI=1S/C11H10FNO2/c1-8-2-3-10(12)11(4-8)14-6-9-5-13-15-7-9/h2-5,7H,6H2,1H3. The predicted molar refractivity (Wildman–Crippen MR) is 52.0 cm³/mol. The Morgan fingerprint density at radius 3 is 3.07 bits per heavy atom. The second-order valence-electron chi connectivity index (χ2n) is 3.26. The van der Waals surface area contributed by atoms with Crippen LogP contribution in [0.15, 0.2) is 35.2 Å². The molecule has 0 spiro atoms. The summed E-state index contributed by atoms with van der Waals surface area (Å²) < 4.78 is 23.2. The van der Waals surface area contributed by atoms with E-state index in [-0.39, 0.29) is 18.2 Å². The van der Waals surface area contributed by atoms with Gasteiger partial charge in [0.15, 0.2) is 11.6 Å². The molecule has 0 atom stereocenters. The fourth-order valence-electron chi connectivity index (χ4n) is 1.18. The fraction of sp³-hybridized carbons (Fsp3) is 0.182. The zero-order valence-corrected chi connectivity index (χ0v) is 8.24. The molecular formula is C11H10FNO2. The van der Waals surface area contributed by atoms with E-state index in [0.717, 1.165) is 11.1 Å². The lowest BCUT2D eigenvalue weighted by Crippen LogP contribution is -1.96. The Morgan fingerprint density at radius 1 is 1.47 bits per heavy atom. The predicted octanol–water partition coefficient (Wildman–Crippen LogP) is 2.70. The van der Waals surface area contributed by atoms with Gasteiger partial charge >= 0.3 is 0 Å². The van der Waals surface area contributed by atoms with Crippen LogP contribution in [-0.4, -0.2) is 5.16 Å². The summed E-state index contributed by atoms with van der Waals surface area (Å²) in [6.07, 6.45) is 3.00. The third kappa shape index (κ3) is 2.34. The van der Waals surface area contributed by atoms with Gasteiger partial charge in [-0.1, -0.05) is 11.2 Å². The molecule has 0 radical (unpaired) electrons. The van der Waals surface area contributed by atoms with Gasteiger partial charge in [0.2, 0.25) is 0 Å². The molecule has 1 heterocycles. The Balaban J connectivity index is 2.07. The van der Waals surface area contributed by atoms with E-state index < -0.39 is 0 Å². The van der Waals surface area contributed by atoms with Crippen LogP contribution in [0.4, 0.5) is 4.39 Å². The van der Waals surface area contributed by atoms with Gasteiger partial charge in [-0.05, 0) is 24.6 Å². The summed E-state index contributed by atoms with van der Waals surface area (Å²) in [5.74, 6) is -0.117. The average molecular weight is 207 g/mol. The molecular weight excluding hydrogens is 197 g/mol. The average Bonchev–Trinajstić information content (AvgIpc) is 2.72. The van der Waals surface area contributed by atoms with Gasteiger partial charge in [-0.3, -0.25) is 0 Å². The lowest BCUT2D eigenvalue weighted by atomic mass is 10.2. The highest BCUT2D eigenvalue weighted by molar-refractivity contribution is 5.29. The van der Waals surface area contributed by atoms with E-state index in [1.807, 2.05) is 6.92 Å². The number of aromatic nitrogens is 1. The maximum absolute atomic E-state index is 13.2. The van der Waals surface area contributed by atoms with E-state index in [1.165, 1.54) is 18.5 Å². The molecule has 3 nitrogen and oxygen atoms in total. The zero-order chi connectivity index (χ0) is 10.7. The van der Waals surface area contributed by atoms with E-state index in [2.05, 4.69) is 9.68 Å². The quantitative estimate of drug-likeness (QED) is 0.776. The molecule has 0 saturated carbocycles. The molecule has 0 fully saturated rings. The molecule has 2 rings (SSSR count). The molecule has 0 unspecified atom stereocenters. The van der Waals surface area contributed by atoms with Crippen LogP contribution in [-0.2, 0) is 6.61 Å². The Hall–Kier alpha value is -1.84. The van der Waals surface area contributed by atoms with Crippen LogP contribution in [0, 0.1) is 12.7 Å². The molecule has 1 aromatic carbocycles. The van der Waals surface area contributed by atoms with Gasteiger partial charge in [-0.15, -0.1) is 0 Å². The van der Waals surface area contributed by atoms with Gasteiger partial charge < -0.3 is 9.26 Å². The van der Waals surface area contributed by atoms with Crippen LogP contribution in [0.2, 0.25) is 0 Å². The fourth-order valence-corrected chi connectivity index (χ4v) is 1.18. The number of rotatable bonds is 3. The number of halogens is 1. The Kier molecular flexibility index (Phi) is 2.67. The monoisotopic (exact) mass is 207 g/mol. The summed E-state index contributed by atoms with van der Waals surface area (Å²) >= 11 is 0. The van der Waals surface area contributed by atoms with Gasteiger partial charge in [0.05, 0.1) is 6.20 Å². The van der Waals surface area contributed by atoms with Crippen molar-refractivity contribution in [3.05, 3.63) is 47.6 Å². The number of hydrogen-bond donors (Lipinski definition) is 0. The van der Waals surface area contributed by atoms with Gasteiger partial charge in [0, 0.05) is 5.56 Å². The molecule has 0 aliphatic rings. The first-order valence-electron chi connectivity index (χ1n) is 4.53. The minimum atomic E-state index is -0.364. The van der Waals surface area contributed by atoms with Crippen molar-refractivity contribution in [2.45, 2.75) is 13.5 Å².